The van der Waals surface area contributed by atoms with Crippen LogP contribution in [0.5, 0.6) is 11.9 Å². The Balaban J connectivity index is 2.04. The van der Waals surface area contributed by atoms with E-state index in [1.807, 2.05) is 18.4 Å². The van der Waals surface area contributed by atoms with Gasteiger partial charge in [0.05, 0.1) is 19.5 Å². The maximum absolute atomic E-state index is 5.81. The highest BCUT2D eigenvalue weighted by Crippen LogP contribution is 2.29. The summed E-state index contributed by atoms with van der Waals surface area (Å²) in [4.78, 5) is 13.1. The van der Waals surface area contributed by atoms with E-state index in [0.717, 1.165) is 25.9 Å². The Morgan fingerprint density at radius 3 is 2.81 bits per heavy atom. The van der Waals surface area contributed by atoms with Crippen molar-refractivity contribution in [3.63, 3.8) is 0 Å². The van der Waals surface area contributed by atoms with E-state index < -0.39 is 0 Å². The van der Waals surface area contributed by atoms with Gasteiger partial charge in [0.15, 0.2) is 11.2 Å². The highest BCUT2D eigenvalue weighted by atomic mass is 16.5. The second kappa shape index (κ2) is 6.26. The van der Waals surface area contributed by atoms with Crippen LogP contribution < -0.4 is 9.47 Å². The molecule has 7 nitrogen and oxygen atoms in total. The largest absolute Gasteiger partial charge is 0.476 e. The van der Waals surface area contributed by atoms with E-state index in [1.165, 1.54) is 0 Å². The van der Waals surface area contributed by atoms with Crippen LogP contribution in [-0.2, 0) is 4.74 Å². The van der Waals surface area contributed by atoms with Crippen molar-refractivity contribution in [2.45, 2.75) is 39.3 Å². The van der Waals surface area contributed by atoms with Gasteiger partial charge in [0.25, 0.3) is 0 Å². The van der Waals surface area contributed by atoms with Gasteiger partial charge < -0.3 is 14.2 Å². The number of ether oxygens (including phenoxy) is 3. The lowest BCUT2D eigenvalue weighted by molar-refractivity contribution is -0.0298. The van der Waals surface area contributed by atoms with Crippen LogP contribution in [0.1, 0.15) is 39.3 Å². The van der Waals surface area contributed by atoms with Crippen LogP contribution >= 0.6 is 0 Å². The fourth-order valence-corrected chi connectivity index (χ4v) is 2.46. The quantitative estimate of drug-likeness (QED) is 0.842. The molecule has 7 heteroatoms. The van der Waals surface area contributed by atoms with Gasteiger partial charge in [0.2, 0.25) is 5.88 Å². The second-order valence-corrected chi connectivity index (χ2v) is 4.82. The minimum absolute atomic E-state index is 0.0254. The highest BCUT2D eigenvalue weighted by molar-refractivity contribution is 5.76. The van der Waals surface area contributed by atoms with Gasteiger partial charge in [-0.3, -0.25) is 4.57 Å². The molecular formula is C14H20N4O3. The minimum atomic E-state index is -0.0254. The van der Waals surface area contributed by atoms with Crippen molar-refractivity contribution in [2.24, 2.45) is 0 Å². The van der Waals surface area contributed by atoms with Gasteiger partial charge in [0.1, 0.15) is 6.23 Å². The molecule has 0 bridgehead atoms. The number of nitrogens with zero attached hydrogens (tertiary/aromatic N) is 4. The zero-order chi connectivity index (χ0) is 14.7. The summed E-state index contributed by atoms with van der Waals surface area (Å²) in [6.07, 6.45) is 4.93. The van der Waals surface area contributed by atoms with Gasteiger partial charge in [-0.25, -0.2) is 4.98 Å². The van der Waals surface area contributed by atoms with Gasteiger partial charge in [-0.05, 0) is 33.1 Å². The lowest BCUT2D eigenvalue weighted by atomic mass is 10.2. The predicted octanol–water partition coefficient (Wildman–Crippen LogP) is 2.32. The Morgan fingerprint density at radius 2 is 2.10 bits per heavy atom. The summed E-state index contributed by atoms with van der Waals surface area (Å²) >= 11 is 0. The molecule has 21 heavy (non-hydrogen) atoms. The van der Waals surface area contributed by atoms with Gasteiger partial charge in [-0.15, -0.1) is 0 Å². The van der Waals surface area contributed by atoms with Crippen molar-refractivity contribution in [1.82, 2.24) is 19.5 Å². The molecule has 3 rings (SSSR count). The van der Waals surface area contributed by atoms with E-state index in [4.69, 9.17) is 14.2 Å². The summed E-state index contributed by atoms with van der Waals surface area (Å²) in [5, 5.41) is 0. The first-order valence-corrected chi connectivity index (χ1v) is 7.45. The summed E-state index contributed by atoms with van der Waals surface area (Å²) in [6, 6.07) is 0.311. The van der Waals surface area contributed by atoms with Crippen molar-refractivity contribution in [2.75, 3.05) is 19.8 Å². The van der Waals surface area contributed by atoms with Crippen LogP contribution in [0.3, 0.4) is 0 Å². The topological polar surface area (TPSA) is 71.3 Å². The fraction of sp³-hybridized carbons (Fsp3) is 0.643. The van der Waals surface area contributed by atoms with Gasteiger partial charge in [0, 0.05) is 6.61 Å². The Morgan fingerprint density at radius 1 is 1.24 bits per heavy atom. The van der Waals surface area contributed by atoms with E-state index in [-0.39, 0.29) is 6.23 Å². The molecule has 1 aliphatic heterocycles. The molecule has 0 N–H and O–H groups in total. The monoisotopic (exact) mass is 292 g/mol. The Kier molecular flexibility index (Phi) is 4.19. The van der Waals surface area contributed by atoms with Gasteiger partial charge in [-0.1, -0.05) is 0 Å². The SMILES string of the molecule is CCOc1nc(OCC)c2ncn(C3CCCCO3)c2n1. The Bertz CT molecular complexity index is 608. The molecule has 0 aromatic carbocycles. The predicted molar refractivity (Wildman–Crippen MR) is 76.5 cm³/mol. The van der Waals surface area contributed by atoms with E-state index >= 15 is 0 Å². The first kappa shape index (κ1) is 14.1. The molecule has 0 radical (unpaired) electrons. The molecule has 2 aromatic heterocycles. The normalized spacial score (nSPS) is 18.9. The van der Waals surface area contributed by atoms with Crippen molar-refractivity contribution < 1.29 is 14.2 Å². The van der Waals surface area contributed by atoms with Crippen LogP contribution in [0.4, 0.5) is 0 Å². The highest BCUT2D eigenvalue weighted by Gasteiger charge is 2.22. The molecule has 114 valence electrons. The first-order valence-electron chi connectivity index (χ1n) is 7.45. The molecular weight excluding hydrogens is 272 g/mol. The summed E-state index contributed by atoms with van der Waals surface area (Å²) in [5.41, 5.74) is 1.35. The van der Waals surface area contributed by atoms with Crippen LogP contribution in [0.25, 0.3) is 11.2 Å². The lowest BCUT2D eigenvalue weighted by Gasteiger charge is -2.23. The average Bonchev–Trinajstić information content (AvgIpc) is 2.93. The smallest absolute Gasteiger partial charge is 0.321 e. The molecule has 1 aliphatic rings. The van der Waals surface area contributed by atoms with Crippen LogP contribution in [0.2, 0.25) is 0 Å². The molecule has 1 atom stereocenters. The Labute approximate surface area is 123 Å². The van der Waals surface area contributed by atoms with Crippen LogP contribution in [0.15, 0.2) is 6.33 Å². The van der Waals surface area contributed by atoms with Crippen molar-refractivity contribution in [1.29, 1.82) is 0 Å². The summed E-state index contributed by atoms with van der Waals surface area (Å²) in [6.45, 7) is 5.60. The molecule has 2 aromatic rings. The number of hydrogen-bond donors (Lipinski definition) is 0. The average molecular weight is 292 g/mol. The molecule has 0 aliphatic carbocycles. The third-order valence-electron chi connectivity index (χ3n) is 3.39. The minimum Gasteiger partial charge on any atom is -0.476 e. The van der Waals surface area contributed by atoms with Crippen molar-refractivity contribution in [3.05, 3.63) is 6.33 Å². The first-order chi connectivity index (χ1) is 10.3. The summed E-state index contributed by atoms with van der Waals surface area (Å²) < 4.78 is 18.7. The van der Waals surface area contributed by atoms with Crippen LogP contribution in [0, 0.1) is 0 Å². The number of fused-ring (bicyclic) bond motifs is 1. The van der Waals surface area contributed by atoms with Gasteiger partial charge in [-0.2, -0.15) is 9.97 Å². The molecule has 0 spiro atoms. The number of hydrogen-bond acceptors (Lipinski definition) is 6. The van der Waals surface area contributed by atoms with Crippen molar-refractivity contribution >= 4 is 11.2 Å². The van der Waals surface area contributed by atoms with E-state index in [2.05, 4.69) is 15.0 Å². The molecule has 1 fully saturated rings. The third kappa shape index (κ3) is 2.78. The fourth-order valence-electron chi connectivity index (χ4n) is 2.46. The number of imidazole rings is 1. The number of aromatic nitrogens is 4. The van der Waals surface area contributed by atoms with Crippen molar-refractivity contribution in [3.8, 4) is 11.9 Å². The molecule has 0 amide bonds. The van der Waals surface area contributed by atoms with E-state index in [9.17, 15) is 0 Å². The second-order valence-electron chi connectivity index (χ2n) is 4.82. The van der Waals surface area contributed by atoms with E-state index in [0.29, 0.717) is 36.3 Å². The molecule has 3 heterocycles. The summed E-state index contributed by atoms with van der Waals surface area (Å²) in [7, 11) is 0. The molecule has 0 saturated carbocycles. The molecule has 1 saturated heterocycles. The van der Waals surface area contributed by atoms with E-state index in [1.54, 1.807) is 6.33 Å². The summed E-state index contributed by atoms with van der Waals surface area (Å²) in [5.74, 6) is 0.459. The number of rotatable bonds is 5. The lowest BCUT2D eigenvalue weighted by Crippen LogP contribution is -2.18. The van der Waals surface area contributed by atoms with Crippen LogP contribution in [-0.4, -0.2) is 39.3 Å². The maximum Gasteiger partial charge on any atom is 0.321 e. The molecule has 1 unspecified atom stereocenters. The Hall–Kier alpha value is -1.89. The van der Waals surface area contributed by atoms with Gasteiger partial charge >= 0.3 is 6.01 Å². The third-order valence-corrected chi connectivity index (χ3v) is 3.39. The standard InChI is InChI=1S/C14H20N4O3/c1-3-19-13-11-12(16-14(17-13)20-4-2)18(9-15-11)10-7-5-6-8-21-10/h9-10H,3-8H2,1-2H3. The maximum atomic E-state index is 5.81. The zero-order valence-corrected chi connectivity index (χ0v) is 12.4. The zero-order valence-electron chi connectivity index (χ0n) is 12.4.